The summed E-state index contributed by atoms with van der Waals surface area (Å²) < 4.78 is 5.30. The topological polar surface area (TPSA) is 58.6 Å². The first-order valence-corrected chi connectivity index (χ1v) is 7.72. The van der Waals surface area contributed by atoms with E-state index in [0.717, 1.165) is 24.8 Å². The molecule has 1 aromatic carbocycles. The van der Waals surface area contributed by atoms with Crippen LogP contribution in [0.25, 0.3) is 0 Å². The van der Waals surface area contributed by atoms with Crippen LogP contribution in [0.1, 0.15) is 38.2 Å². The summed E-state index contributed by atoms with van der Waals surface area (Å²) in [6.45, 7) is 1.98. The van der Waals surface area contributed by atoms with Crippen molar-refractivity contribution in [3.05, 3.63) is 35.9 Å². The summed E-state index contributed by atoms with van der Waals surface area (Å²) in [7, 11) is 0. The maximum Gasteiger partial charge on any atom is 0.323 e. The zero-order valence-electron chi connectivity index (χ0n) is 12.9. The molecule has 3 atom stereocenters. The highest BCUT2D eigenvalue weighted by molar-refractivity contribution is 5.75. The molecule has 2 rings (SSSR count). The van der Waals surface area contributed by atoms with Gasteiger partial charge in [0.15, 0.2) is 0 Å². The quantitative estimate of drug-likeness (QED) is 0.645. The lowest BCUT2D eigenvalue weighted by atomic mass is 9.80. The third kappa shape index (κ3) is 4.09. The first-order chi connectivity index (χ1) is 10.5. The second kappa shape index (κ2) is 7.44. The lowest BCUT2D eigenvalue weighted by Gasteiger charge is -2.37. The molecule has 2 N–H and O–H groups in total. The third-order valence-corrected chi connectivity index (χ3v) is 4.16. The van der Waals surface area contributed by atoms with Gasteiger partial charge in [-0.25, -0.2) is 0 Å². The summed E-state index contributed by atoms with van der Waals surface area (Å²) in [5.41, 5.74) is -0.229. The van der Waals surface area contributed by atoms with E-state index in [2.05, 4.69) is 11.2 Å². The van der Waals surface area contributed by atoms with Crippen LogP contribution in [-0.2, 0) is 16.1 Å². The van der Waals surface area contributed by atoms with E-state index >= 15 is 0 Å². The van der Waals surface area contributed by atoms with Gasteiger partial charge in [0, 0.05) is 6.04 Å². The minimum absolute atomic E-state index is 0.246. The van der Waals surface area contributed by atoms with Crippen LogP contribution in [0.4, 0.5) is 0 Å². The monoisotopic (exact) mass is 301 g/mol. The van der Waals surface area contributed by atoms with E-state index in [0.29, 0.717) is 6.42 Å². The highest BCUT2D eigenvalue weighted by Gasteiger charge is 2.38. The van der Waals surface area contributed by atoms with Crippen molar-refractivity contribution in [2.45, 2.75) is 56.9 Å². The van der Waals surface area contributed by atoms with Gasteiger partial charge in [-0.05, 0) is 31.7 Å². The van der Waals surface area contributed by atoms with Crippen LogP contribution < -0.4 is 5.32 Å². The van der Waals surface area contributed by atoms with Gasteiger partial charge < -0.3 is 9.84 Å². The first-order valence-electron chi connectivity index (χ1n) is 7.72. The van der Waals surface area contributed by atoms with E-state index in [4.69, 9.17) is 11.2 Å². The van der Waals surface area contributed by atoms with Crippen molar-refractivity contribution in [2.75, 3.05) is 0 Å². The average Bonchev–Trinajstić information content (AvgIpc) is 2.55. The number of ether oxygens (including phenoxy) is 1. The van der Waals surface area contributed by atoms with Gasteiger partial charge in [-0.15, -0.1) is 6.42 Å². The number of hydrogen-bond acceptors (Lipinski definition) is 4. The van der Waals surface area contributed by atoms with Gasteiger partial charge in [-0.2, -0.15) is 0 Å². The highest BCUT2D eigenvalue weighted by Crippen LogP contribution is 2.28. The molecular weight excluding hydrogens is 278 g/mol. The number of rotatable bonds is 5. The number of aliphatic hydroxyl groups is 1. The molecule has 0 bridgehead atoms. The second-order valence-electron chi connectivity index (χ2n) is 5.85. The van der Waals surface area contributed by atoms with Crippen LogP contribution in [0.3, 0.4) is 0 Å². The van der Waals surface area contributed by atoms with E-state index in [1.54, 1.807) is 6.92 Å². The molecule has 1 aliphatic rings. The lowest BCUT2D eigenvalue weighted by Crippen LogP contribution is -2.56. The lowest BCUT2D eigenvalue weighted by molar-refractivity contribution is -0.147. The molecule has 0 unspecified atom stereocenters. The van der Waals surface area contributed by atoms with Crippen molar-refractivity contribution in [3.63, 3.8) is 0 Å². The van der Waals surface area contributed by atoms with Gasteiger partial charge in [-0.1, -0.05) is 42.7 Å². The fourth-order valence-electron chi connectivity index (χ4n) is 2.77. The molecule has 1 aromatic rings. The van der Waals surface area contributed by atoms with Crippen LogP contribution in [0.2, 0.25) is 0 Å². The normalized spacial score (nSPS) is 26.0. The van der Waals surface area contributed by atoms with Crippen LogP contribution in [-0.4, -0.2) is 28.8 Å². The zero-order valence-corrected chi connectivity index (χ0v) is 12.9. The number of nitrogens with one attached hydrogen (secondary N) is 1. The van der Waals surface area contributed by atoms with Crippen LogP contribution in [0, 0.1) is 12.3 Å². The van der Waals surface area contributed by atoms with Crippen LogP contribution in [0.5, 0.6) is 0 Å². The Kier molecular flexibility index (Phi) is 5.59. The van der Waals surface area contributed by atoms with Crippen molar-refractivity contribution in [1.82, 2.24) is 5.32 Å². The zero-order chi connectivity index (χ0) is 16.0. The molecule has 0 amide bonds. The molecule has 1 saturated carbocycles. The number of carbonyl (C=O) groups is 1. The third-order valence-electron chi connectivity index (χ3n) is 4.16. The van der Waals surface area contributed by atoms with Gasteiger partial charge >= 0.3 is 5.97 Å². The van der Waals surface area contributed by atoms with Crippen molar-refractivity contribution >= 4 is 5.97 Å². The summed E-state index contributed by atoms with van der Waals surface area (Å²) in [4.78, 5) is 12.1. The van der Waals surface area contributed by atoms with E-state index in [1.807, 2.05) is 30.3 Å². The summed E-state index contributed by atoms with van der Waals surface area (Å²) in [6, 6.07) is 8.75. The minimum atomic E-state index is -1.17. The molecule has 4 nitrogen and oxygen atoms in total. The van der Waals surface area contributed by atoms with Crippen molar-refractivity contribution in [1.29, 1.82) is 0 Å². The fourth-order valence-corrected chi connectivity index (χ4v) is 2.77. The van der Waals surface area contributed by atoms with Gasteiger partial charge in [0.05, 0.1) is 0 Å². The highest BCUT2D eigenvalue weighted by atomic mass is 16.5. The Morgan fingerprint density at radius 3 is 2.91 bits per heavy atom. The molecule has 0 heterocycles. The van der Waals surface area contributed by atoms with E-state index in [1.165, 1.54) is 0 Å². The van der Waals surface area contributed by atoms with Gasteiger partial charge in [0.25, 0.3) is 0 Å². The van der Waals surface area contributed by atoms with Crippen molar-refractivity contribution < 1.29 is 14.6 Å². The molecule has 118 valence electrons. The summed E-state index contributed by atoms with van der Waals surface area (Å²) >= 11 is 0. The Morgan fingerprint density at radius 1 is 1.50 bits per heavy atom. The molecule has 0 aromatic heterocycles. The molecule has 0 saturated heterocycles. The summed E-state index contributed by atoms with van der Waals surface area (Å²) in [5.74, 6) is 2.13. The minimum Gasteiger partial charge on any atom is -0.460 e. The van der Waals surface area contributed by atoms with Gasteiger partial charge in [-0.3, -0.25) is 10.1 Å². The number of terminal acetylenes is 1. The molecule has 4 heteroatoms. The van der Waals surface area contributed by atoms with Gasteiger partial charge in [0.1, 0.15) is 18.2 Å². The second-order valence-corrected chi connectivity index (χ2v) is 5.85. The largest absolute Gasteiger partial charge is 0.460 e. The molecule has 1 fully saturated rings. The van der Waals surface area contributed by atoms with E-state index < -0.39 is 11.6 Å². The van der Waals surface area contributed by atoms with Crippen LogP contribution in [0.15, 0.2) is 30.3 Å². The Morgan fingerprint density at radius 2 is 2.23 bits per heavy atom. The van der Waals surface area contributed by atoms with Crippen molar-refractivity contribution in [2.24, 2.45) is 0 Å². The predicted molar refractivity (Wildman–Crippen MR) is 84.9 cm³/mol. The molecule has 0 aliphatic heterocycles. The SMILES string of the molecule is C#C[C@]1(O)CCCC[C@@H]1N[C@H](C)C(=O)OCc1ccccc1. The Balaban J connectivity index is 1.87. The van der Waals surface area contributed by atoms with Gasteiger partial charge in [0.2, 0.25) is 0 Å². The Hall–Kier alpha value is -1.83. The maximum atomic E-state index is 12.1. The average molecular weight is 301 g/mol. The fraction of sp³-hybridized carbons (Fsp3) is 0.500. The summed E-state index contributed by atoms with van der Waals surface area (Å²) in [5, 5.41) is 13.6. The van der Waals surface area contributed by atoms with E-state index in [-0.39, 0.29) is 18.6 Å². The number of benzene rings is 1. The molecule has 22 heavy (non-hydrogen) atoms. The first kappa shape index (κ1) is 16.5. The van der Waals surface area contributed by atoms with Crippen LogP contribution >= 0.6 is 0 Å². The van der Waals surface area contributed by atoms with Crippen molar-refractivity contribution in [3.8, 4) is 12.3 Å². The number of carbonyl (C=O) groups excluding carboxylic acids is 1. The predicted octanol–water partition coefficient (Wildman–Crippen LogP) is 2.01. The van der Waals surface area contributed by atoms with E-state index in [9.17, 15) is 9.90 Å². The maximum absolute atomic E-state index is 12.1. The summed E-state index contributed by atoms with van der Waals surface area (Å²) in [6.07, 6.45) is 8.68. The smallest absolute Gasteiger partial charge is 0.323 e. The molecule has 0 spiro atoms. The Labute approximate surface area is 131 Å². The standard InChI is InChI=1S/C18H23NO3/c1-3-18(21)12-8-7-11-16(18)19-14(2)17(20)22-13-15-9-5-4-6-10-15/h1,4-6,9-10,14,16,19,21H,7-8,11-13H2,2H3/t14-,16+,18+/m1/s1. The number of esters is 1. The number of hydrogen-bond donors (Lipinski definition) is 2. The Bertz CT molecular complexity index is 537. The molecular formula is C18H23NO3. The molecule has 0 radical (unpaired) electrons. The molecule has 1 aliphatic carbocycles.